The summed E-state index contributed by atoms with van der Waals surface area (Å²) in [5, 5.41) is 9.42. The summed E-state index contributed by atoms with van der Waals surface area (Å²) in [5.74, 6) is 0.426. The molecule has 1 fully saturated rings. The van der Waals surface area contributed by atoms with Gasteiger partial charge in [0.15, 0.2) is 0 Å². The van der Waals surface area contributed by atoms with Gasteiger partial charge < -0.3 is 5.11 Å². The lowest BCUT2D eigenvalue weighted by Crippen LogP contribution is -2.42. The highest BCUT2D eigenvalue weighted by Crippen LogP contribution is 2.25. The predicted octanol–water partition coefficient (Wildman–Crippen LogP) is 3.34. The molecule has 0 radical (unpaired) electrons. The first-order valence-electron chi connectivity index (χ1n) is 8.11. The zero-order valence-corrected chi connectivity index (χ0v) is 13.2. The third kappa shape index (κ3) is 3.54. The van der Waals surface area contributed by atoms with Crippen molar-refractivity contribution in [3.8, 4) is 11.3 Å². The van der Waals surface area contributed by atoms with Crippen molar-refractivity contribution in [3.05, 3.63) is 54.2 Å². The molecule has 0 aliphatic carbocycles. The minimum Gasteiger partial charge on any atom is -0.396 e. The van der Waals surface area contributed by atoms with Crippen LogP contribution in [-0.4, -0.2) is 34.2 Å². The maximum absolute atomic E-state index is 9.42. The Bertz CT molecular complexity index is 599. The van der Waals surface area contributed by atoms with E-state index in [2.05, 4.69) is 41.1 Å². The highest BCUT2D eigenvalue weighted by molar-refractivity contribution is 5.59. The number of aliphatic hydroxyl groups excluding tert-OH is 1. The van der Waals surface area contributed by atoms with Crippen LogP contribution in [0.15, 0.2) is 48.7 Å². The lowest BCUT2D eigenvalue weighted by Gasteiger charge is -2.37. The van der Waals surface area contributed by atoms with Gasteiger partial charge in [-0.25, -0.2) is 0 Å². The molecule has 116 valence electrons. The highest BCUT2D eigenvalue weighted by Gasteiger charge is 2.24. The number of nitrogens with zero attached hydrogens (tertiary/aromatic N) is 2. The molecule has 3 heteroatoms. The van der Waals surface area contributed by atoms with Crippen LogP contribution in [0.25, 0.3) is 11.3 Å². The van der Waals surface area contributed by atoms with Crippen molar-refractivity contribution >= 4 is 0 Å². The minimum absolute atomic E-state index is 0.303. The maximum atomic E-state index is 9.42. The van der Waals surface area contributed by atoms with E-state index in [0.717, 1.165) is 25.2 Å². The van der Waals surface area contributed by atoms with Crippen molar-refractivity contribution in [3.63, 3.8) is 0 Å². The molecule has 1 saturated heterocycles. The summed E-state index contributed by atoms with van der Waals surface area (Å²) in [5.41, 5.74) is 3.50. The third-order valence-corrected chi connectivity index (χ3v) is 4.64. The van der Waals surface area contributed by atoms with Gasteiger partial charge >= 0.3 is 0 Å². The average Bonchev–Trinajstić information content (AvgIpc) is 2.58. The smallest absolute Gasteiger partial charge is 0.0702 e. The topological polar surface area (TPSA) is 36.4 Å². The van der Waals surface area contributed by atoms with Crippen LogP contribution in [0.2, 0.25) is 0 Å². The van der Waals surface area contributed by atoms with Crippen LogP contribution in [0.1, 0.15) is 25.3 Å². The molecule has 22 heavy (non-hydrogen) atoms. The van der Waals surface area contributed by atoms with Crippen LogP contribution < -0.4 is 0 Å². The van der Waals surface area contributed by atoms with Gasteiger partial charge in [-0.05, 0) is 49.4 Å². The molecular weight excluding hydrogens is 272 g/mol. The second-order valence-corrected chi connectivity index (χ2v) is 6.32. The van der Waals surface area contributed by atoms with E-state index in [0.29, 0.717) is 18.6 Å². The molecule has 0 saturated carbocycles. The van der Waals surface area contributed by atoms with Crippen LogP contribution in [0, 0.1) is 5.92 Å². The van der Waals surface area contributed by atoms with E-state index in [1.165, 1.54) is 17.5 Å². The fraction of sp³-hybridized carbons (Fsp3) is 0.421. The number of aromatic nitrogens is 1. The van der Waals surface area contributed by atoms with Crippen LogP contribution in [0.4, 0.5) is 0 Å². The molecule has 0 bridgehead atoms. The van der Waals surface area contributed by atoms with Crippen molar-refractivity contribution in [1.29, 1.82) is 0 Å². The van der Waals surface area contributed by atoms with Crippen LogP contribution in [0.5, 0.6) is 0 Å². The van der Waals surface area contributed by atoms with Gasteiger partial charge in [-0.1, -0.05) is 24.3 Å². The zero-order valence-electron chi connectivity index (χ0n) is 13.2. The number of likely N-dealkylation sites (tertiary alicyclic amines) is 1. The molecule has 1 aliphatic heterocycles. The maximum Gasteiger partial charge on any atom is 0.0702 e. The van der Waals surface area contributed by atoms with Crippen molar-refractivity contribution < 1.29 is 5.11 Å². The number of piperidine rings is 1. The van der Waals surface area contributed by atoms with E-state index in [4.69, 9.17) is 0 Å². The Morgan fingerprint density at radius 3 is 2.86 bits per heavy atom. The van der Waals surface area contributed by atoms with Crippen molar-refractivity contribution in [1.82, 2.24) is 9.88 Å². The van der Waals surface area contributed by atoms with Gasteiger partial charge in [-0.2, -0.15) is 0 Å². The van der Waals surface area contributed by atoms with Gasteiger partial charge in [0.2, 0.25) is 0 Å². The molecule has 3 rings (SSSR count). The van der Waals surface area contributed by atoms with Gasteiger partial charge in [-0.3, -0.25) is 9.88 Å². The SMILES string of the molecule is CC1CCC(CO)CN1Cc1cccc(-c2ccccn2)c1. The average molecular weight is 296 g/mol. The normalized spacial score (nSPS) is 22.6. The Kier molecular flexibility index (Phi) is 4.86. The fourth-order valence-electron chi connectivity index (χ4n) is 3.23. The molecule has 3 nitrogen and oxygen atoms in total. The first kappa shape index (κ1) is 15.2. The first-order chi connectivity index (χ1) is 10.8. The summed E-state index contributed by atoms with van der Waals surface area (Å²) in [6, 6.07) is 15.2. The van der Waals surface area contributed by atoms with Crippen molar-refractivity contribution in [2.75, 3.05) is 13.2 Å². The number of hydrogen-bond donors (Lipinski definition) is 1. The summed E-state index contributed by atoms with van der Waals surface area (Å²) in [6.07, 6.45) is 4.15. The number of benzene rings is 1. The number of pyridine rings is 1. The Balaban J connectivity index is 1.75. The third-order valence-electron chi connectivity index (χ3n) is 4.64. The van der Waals surface area contributed by atoms with E-state index in [1.807, 2.05) is 24.4 Å². The number of aliphatic hydroxyl groups is 1. The summed E-state index contributed by atoms with van der Waals surface area (Å²) in [4.78, 5) is 6.92. The second kappa shape index (κ2) is 7.03. The van der Waals surface area contributed by atoms with E-state index in [9.17, 15) is 5.11 Å². The van der Waals surface area contributed by atoms with E-state index in [1.54, 1.807) is 0 Å². The molecular formula is C19H24N2O. The highest BCUT2D eigenvalue weighted by atomic mass is 16.3. The van der Waals surface area contributed by atoms with Gasteiger partial charge in [0.05, 0.1) is 5.69 Å². The Labute approximate surface area is 132 Å². The van der Waals surface area contributed by atoms with Gasteiger partial charge in [0, 0.05) is 37.5 Å². The van der Waals surface area contributed by atoms with Gasteiger partial charge in [-0.15, -0.1) is 0 Å². The Morgan fingerprint density at radius 2 is 2.09 bits per heavy atom. The zero-order chi connectivity index (χ0) is 15.4. The first-order valence-corrected chi connectivity index (χ1v) is 8.11. The van der Waals surface area contributed by atoms with Crippen LogP contribution in [-0.2, 0) is 6.54 Å². The largest absolute Gasteiger partial charge is 0.396 e. The molecule has 2 unspecified atom stereocenters. The minimum atomic E-state index is 0.303. The summed E-state index contributed by atoms with van der Waals surface area (Å²) in [7, 11) is 0. The molecule has 0 amide bonds. The Morgan fingerprint density at radius 1 is 1.18 bits per heavy atom. The second-order valence-electron chi connectivity index (χ2n) is 6.32. The lowest BCUT2D eigenvalue weighted by molar-refractivity contribution is 0.0772. The monoisotopic (exact) mass is 296 g/mol. The molecule has 2 atom stereocenters. The Hall–Kier alpha value is -1.71. The molecule has 1 N–H and O–H groups in total. The van der Waals surface area contributed by atoms with Gasteiger partial charge in [0.1, 0.15) is 0 Å². The van der Waals surface area contributed by atoms with Crippen molar-refractivity contribution in [2.24, 2.45) is 5.92 Å². The molecule has 1 aliphatic rings. The van der Waals surface area contributed by atoms with Crippen LogP contribution >= 0.6 is 0 Å². The number of hydrogen-bond acceptors (Lipinski definition) is 3. The summed E-state index contributed by atoms with van der Waals surface area (Å²) >= 11 is 0. The van der Waals surface area contributed by atoms with Crippen molar-refractivity contribution in [2.45, 2.75) is 32.4 Å². The standard InChI is InChI=1S/C19H24N2O/c1-15-8-9-17(14-22)13-21(15)12-16-5-4-6-18(11-16)19-7-2-3-10-20-19/h2-7,10-11,15,17,22H,8-9,12-14H2,1H3. The summed E-state index contributed by atoms with van der Waals surface area (Å²) < 4.78 is 0. The van der Waals surface area contributed by atoms with E-state index >= 15 is 0 Å². The molecule has 1 aromatic carbocycles. The molecule has 0 spiro atoms. The fourth-order valence-corrected chi connectivity index (χ4v) is 3.23. The van der Waals surface area contributed by atoms with Crippen LogP contribution in [0.3, 0.4) is 0 Å². The van der Waals surface area contributed by atoms with E-state index in [-0.39, 0.29) is 0 Å². The summed E-state index contributed by atoms with van der Waals surface area (Å²) in [6.45, 7) is 4.53. The lowest BCUT2D eigenvalue weighted by atomic mass is 9.93. The molecule has 1 aromatic heterocycles. The van der Waals surface area contributed by atoms with Gasteiger partial charge in [0.25, 0.3) is 0 Å². The number of rotatable bonds is 4. The predicted molar refractivity (Wildman–Crippen MR) is 89.4 cm³/mol. The quantitative estimate of drug-likeness (QED) is 0.940. The van der Waals surface area contributed by atoms with E-state index < -0.39 is 0 Å². The molecule has 2 aromatic rings. The molecule has 2 heterocycles.